The fourth-order valence-electron chi connectivity index (χ4n) is 4.08. The number of ether oxygens (including phenoxy) is 1. The fraction of sp³-hybridized carbons (Fsp3) is 0.360. The Kier molecular flexibility index (Phi) is 7.53. The van der Waals surface area contributed by atoms with Crippen molar-refractivity contribution in [2.45, 2.75) is 38.0 Å². The van der Waals surface area contributed by atoms with E-state index in [1.807, 2.05) is 18.2 Å². The van der Waals surface area contributed by atoms with E-state index in [9.17, 15) is 18.0 Å². The van der Waals surface area contributed by atoms with Crippen LogP contribution in [-0.4, -0.2) is 42.0 Å². The van der Waals surface area contributed by atoms with Gasteiger partial charge in [0.15, 0.2) is 0 Å². The highest BCUT2D eigenvalue weighted by atomic mass is 32.1. The quantitative estimate of drug-likeness (QED) is 0.498. The van der Waals surface area contributed by atoms with Crippen LogP contribution < -0.4 is 10.1 Å². The van der Waals surface area contributed by atoms with Gasteiger partial charge in [-0.15, -0.1) is 11.3 Å². The van der Waals surface area contributed by atoms with E-state index in [1.165, 1.54) is 23.5 Å². The average Bonchev–Trinajstić information content (AvgIpc) is 3.28. The molecule has 1 aliphatic rings. The summed E-state index contributed by atoms with van der Waals surface area (Å²) >= 11 is 1.32. The number of likely N-dealkylation sites (tertiary alicyclic amines) is 1. The van der Waals surface area contributed by atoms with E-state index >= 15 is 0 Å². The predicted molar refractivity (Wildman–Crippen MR) is 126 cm³/mol. The van der Waals surface area contributed by atoms with Crippen LogP contribution in [0, 0.1) is 0 Å². The third-order valence-corrected chi connectivity index (χ3v) is 6.83. The van der Waals surface area contributed by atoms with E-state index in [0.29, 0.717) is 16.3 Å². The Morgan fingerprint density at radius 1 is 1.15 bits per heavy atom. The SMILES string of the molecule is COc1ccccc1CN1CCC(NC(=O)Cc2csc(-c3ccc(C(F)(F)F)cc3)n2)CC1. The summed E-state index contributed by atoms with van der Waals surface area (Å²) in [7, 11) is 1.68. The fourth-order valence-corrected chi connectivity index (χ4v) is 4.90. The molecule has 2 heterocycles. The summed E-state index contributed by atoms with van der Waals surface area (Å²) in [5, 5.41) is 5.48. The molecule has 0 bridgehead atoms. The zero-order valence-corrected chi connectivity index (χ0v) is 19.6. The maximum atomic E-state index is 12.7. The van der Waals surface area contributed by atoms with Crippen LogP contribution in [0.2, 0.25) is 0 Å². The van der Waals surface area contributed by atoms with E-state index in [2.05, 4.69) is 21.3 Å². The second-order valence-electron chi connectivity index (χ2n) is 8.33. The molecule has 2 aromatic carbocycles. The minimum Gasteiger partial charge on any atom is -0.496 e. The Morgan fingerprint density at radius 3 is 2.53 bits per heavy atom. The summed E-state index contributed by atoms with van der Waals surface area (Å²) in [5.74, 6) is 0.796. The Labute approximate surface area is 200 Å². The predicted octanol–water partition coefficient (Wildman–Crippen LogP) is 5.16. The first-order valence-electron chi connectivity index (χ1n) is 11.1. The second kappa shape index (κ2) is 10.6. The molecule has 0 radical (unpaired) electrons. The van der Waals surface area contributed by atoms with Crippen LogP contribution in [0.25, 0.3) is 10.6 Å². The molecular weight excluding hydrogens is 463 g/mol. The van der Waals surface area contributed by atoms with Gasteiger partial charge >= 0.3 is 6.18 Å². The van der Waals surface area contributed by atoms with Gasteiger partial charge in [0.2, 0.25) is 5.91 Å². The topological polar surface area (TPSA) is 54.5 Å². The minimum atomic E-state index is -4.37. The number of halogens is 3. The zero-order valence-electron chi connectivity index (χ0n) is 18.8. The van der Waals surface area contributed by atoms with Crippen molar-refractivity contribution in [3.63, 3.8) is 0 Å². The highest BCUT2D eigenvalue weighted by Crippen LogP contribution is 2.32. The number of methoxy groups -OCH3 is 1. The third-order valence-electron chi connectivity index (χ3n) is 5.89. The molecule has 1 fully saturated rings. The van der Waals surface area contributed by atoms with E-state index in [0.717, 1.165) is 55.9 Å². The number of hydrogen-bond acceptors (Lipinski definition) is 5. The maximum Gasteiger partial charge on any atom is 0.416 e. The van der Waals surface area contributed by atoms with Gasteiger partial charge in [0.25, 0.3) is 0 Å². The molecule has 1 saturated heterocycles. The van der Waals surface area contributed by atoms with Crippen LogP contribution in [0.1, 0.15) is 29.7 Å². The summed E-state index contributed by atoms with van der Waals surface area (Å²) in [6.07, 6.45) is -2.47. The Balaban J connectivity index is 1.25. The number of alkyl halides is 3. The maximum absolute atomic E-state index is 12.7. The molecule has 0 atom stereocenters. The number of thiazole rings is 1. The Morgan fingerprint density at radius 2 is 1.85 bits per heavy atom. The molecule has 9 heteroatoms. The van der Waals surface area contributed by atoms with Gasteiger partial charge in [-0.3, -0.25) is 9.69 Å². The number of hydrogen-bond donors (Lipinski definition) is 1. The zero-order chi connectivity index (χ0) is 24.1. The van der Waals surface area contributed by atoms with Crippen molar-refractivity contribution in [1.29, 1.82) is 0 Å². The highest BCUT2D eigenvalue weighted by molar-refractivity contribution is 7.13. The minimum absolute atomic E-state index is 0.0903. The number of carbonyl (C=O) groups excluding carboxylic acids is 1. The van der Waals surface area contributed by atoms with Crippen LogP contribution in [0.15, 0.2) is 53.9 Å². The Hall–Kier alpha value is -2.91. The summed E-state index contributed by atoms with van der Waals surface area (Å²) in [5.41, 5.74) is 1.68. The van der Waals surface area contributed by atoms with Crippen LogP contribution in [-0.2, 0) is 23.9 Å². The molecule has 5 nitrogen and oxygen atoms in total. The summed E-state index contributed by atoms with van der Waals surface area (Å²) in [4.78, 5) is 19.3. The molecule has 0 aliphatic carbocycles. The standard InChI is InChI=1S/C25H26F3N3O2S/c1-33-22-5-3-2-4-18(22)15-31-12-10-20(11-13-31)29-23(32)14-21-16-34-24(30-21)17-6-8-19(9-7-17)25(26,27)28/h2-9,16,20H,10-15H2,1H3,(H,29,32). The number of amides is 1. The lowest BCUT2D eigenvalue weighted by Crippen LogP contribution is -2.44. The van der Waals surface area contributed by atoms with Crippen LogP contribution >= 0.6 is 11.3 Å². The Bertz CT molecular complexity index is 1110. The molecule has 180 valence electrons. The summed E-state index contributed by atoms with van der Waals surface area (Å²) in [6.45, 7) is 2.59. The lowest BCUT2D eigenvalue weighted by molar-refractivity contribution is -0.137. The lowest BCUT2D eigenvalue weighted by atomic mass is 10.0. The molecule has 1 amide bonds. The van der Waals surface area contributed by atoms with Crippen molar-refractivity contribution in [1.82, 2.24) is 15.2 Å². The molecular formula is C25H26F3N3O2S. The number of para-hydroxylation sites is 1. The van der Waals surface area contributed by atoms with Crippen molar-refractivity contribution in [2.24, 2.45) is 0 Å². The van der Waals surface area contributed by atoms with E-state index in [-0.39, 0.29) is 18.4 Å². The molecule has 34 heavy (non-hydrogen) atoms. The summed E-state index contributed by atoms with van der Waals surface area (Å²) < 4.78 is 43.7. The number of rotatable bonds is 7. The molecule has 1 N–H and O–H groups in total. The first-order chi connectivity index (χ1) is 16.3. The van der Waals surface area contributed by atoms with Gasteiger partial charge in [0.1, 0.15) is 10.8 Å². The van der Waals surface area contributed by atoms with Crippen molar-refractivity contribution >= 4 is 17.2 Å². The largest absolute Gasteiger partial charge is 0.496 e. The van der Waals surface area contributed by atoms with E-state index < -0.39 is 11.7 Å². The van der Waals surface area contributed by atoms with Gasteiger partial charge in [-0.1, -0.05) is 30.3 Å². The first kappa shape index (κ1) is 24.2. The van der Waals surface area contributed by atoms with Crippen LogP contribution in [0.3, 0.4) is 0 Å². The van der Waals surface area contributed by atoms with Crippen LogP contribution in [0.4, 0.5) is 13.2 Å². The number of piperidine rings is 1. The van der Waals surface area contributed by atoms with Crippen molar-refractivity contribution in [3.8, 4) is 16.3 Å². The lowest BCUT2D eigenvalue weighted by Gasteiger charge is -2.32. The molecule has 4 rings (SSSR count). The number of aromatic nitrogens is 1. The average molecular weight is 490 g/mol. The number of nitrogens with one attached hydrogen (secondary N) is 1. The van der Waals surface area contributed by atoms with Gasteiger partial charge in [-0.25, -0.2) is 4.98 Å². The van der Waals surface area contributed by atoms with Crippen molar-refractivity contribution in [3.05, 3.63) is 70.7 Å². The molecule has 0 spiro atoms. The molecule has 0 unspecified atom stereocenters. The summed E-state index contributed by atoms with van der Waals surface area (Å²) in [6, 6.07) is 13.0. The van der Waals surface area contributed by atoms with E-state index in [1.54, 1.807) is 12.5 Å². The normalized spacial score (nSPS) is 15.3. The number of carbonyl (C=O) groups is 1. The molecule has 1 aromatic heterocycles. The second-order valence-corrected chi connectivity index (χ2v) is 9.18. The number of benzene rings is 2. The van der Waals surface area contributed by atoms with Gasteiger partial charge < -0.3 is 10.1 Å². The van der Waals surface area contributed by atoms with E-state index in [4.69, 9.17) is 4.74 Å². The smallest absolute Gasteiger partial charge is 0.416 e. The van der Waals surface area contributed by atoms with Gasteiger partial charge in [-0.05, 0) is 31.0 Å². The number of nitrogens with zero attached hydrogens (tertiary/aromatic N) is 2. The van der Waals surface area contributed by atoms with Crippen molar-refractivity contribution < 1.29 is 22.7 Å². The molecule has 1 aliphatic heterocycles. The van der Waals surface area contributed by atoms with Crippen molar-refractivity contribution in [2.75, 3.05) is 20.2 Å². The highest BCUT2D eigenvalue weighted by Gasteiger charge is 2.30. The monoisotopic (exact) mass is 489 g/mol. The third kappa shape index (κ3) is 6.15. The van der Waals surface area contributed by atoms with Gasteiger partial charge in [-0.2, -0.15) is 13.2 Å². The van der Waals surface area contributed by atoms with Crippen LogP contribution in [0.5, 0.6) is 5.75 Å². The van der Waals surface area contributed by atoms with Gasteiger partial charge in [0.05, 0.1) is 24.8 Å². The molecule has 3 aromatic rings. The van der Waals surface area contributed by atoms with Gasteiger partial charge in [0, 0.05) is 42.2 Å². The first-order valence-corrected chi connectivity index (χ1v) is 12.0. The molecule has 0 saturated carbocycles.